The van der Waals surface area contributed by atoms with E-state index in [1.807, 2.05) is 0 Å². The zero-order chi connectivity index (χ0) is 18.0. The molecule has 0 aliphatic carbocycles. The van der Waals surface area contributed by atoms with Gasteiger partial charge in [0.1, 0.15) is 5.82 Å². The molecule has 0 radical (unpaired) electrons. The number of nitrogens with zero attached hydrogens (tertiary/aromatic N) is 2. The number of nitrogens with one attached hydrogen (secondary N) is 1. The number of hydrogen-bond acceptors (Lipinski definition) is 5. The first-order valence-electron chi connectivity index (χ1n) is 7.22. The number of aryl methyl sites for hydroxylation is 1. The number of nitro groups is 1. The molecule has 0 saturated carbocycles. The lowest BCUT2D eigenvalue weighted by Gasteiger charge is -2.03. The number of benzene rings is 2. The summed E-state index contributed by atoms with van der Waals surface area (Å²) in [5, 5.41) is 15.6. The van der Waals surface area contributed by atoms with Crippen molar-refractivity contribution in [1.29, 1.82) is 0 Å². The number of anilines is 1. The molecule has 1 heterocycles. The van der Waals surface area contributed by atoms with Gasteiger partial charge in [-0.2, -0.15) is 0 Å². The molecule has 3 aromatic rings. The smallest absolute Gasteiger partial charge is 0.272 e. The topological polar surface area (TPSA) is 85.1 Å². The highest BCUT2D eigenvalue weighted by Gasteiger charge is 2.15. The molecule has 0 unspecified atom stereocenters. The number of thiazole rings is 1. The SMILES string of the molecule is Cc1cc(C(=O)Nc2nc(-c3ccc(F)cc3)cs2)ccc1[N+](=O)[O-]. The maximum absolute atomic E-state index is 13.0. The Hall–Kier alpha value is -3.13. The minimum atomic E-state index is -0.493. The molecule has 25 heavy (non-hydrogen) atoms. The van der Waals surface area contributed by atoms with Gasteiger partial charge in [0.05, 0.1) is 10.6 Å². The predicted octanol–water partition coefficient (Wildman–Crippen LogP) is 4.42. The third-order valence-corrected chi connectivity index (χ3v) is 4.28. The van der Waals surface area contributed by atoms with Crippen molar-refractivity contribution in [2.45, 2.75) is 6.92 Å². The summed E-state index contributed by atoms with van der Waals surface area (Å²) in [4.78, 5) is 26.9. The number of carbonyl (C=O) groups is 1. The van der Waals surface area contributed by atoms with Crippen molar-refractivity contribution in [2.24, 2.45) is 0 Å². The van der Waals surface area contributed by atoms with Crippen molar-refractivity contribution >= 4 is 28.1 Å². The first kappa shape index (κ1) is 16.7. The van der Waals surface area contributed by atoms with Gasteiger partial charge in [-0.15, -0.1) is 11.3 Å². The Morgan fingerprint density at radius 2 is 1.96 bits per heavy atom. The lowest BCUT2D eigenvalue weighted by Crippen LogP contribution is -2.12. The van der Waals surface area contributed by atoms with Crippen molar-refractivity contribution in [3.05, 3.63) is 74.9 Å². The number of amides is 1. The van der Waals surface area contributed by atoms with E-state index in [2.05, 4.69) is 10.3 Å². The fourth-order valence-corrected chi connectivity index (χ4v) is 2.97. The Labute approximate surface area is 146 Å². The van der Waals surface area contributed by atoms with E-state index in [1.165, 1.54) is 41.7 Å². The molecule has 6 nitrogen and oxygen atoms in total. The Morgan fingerprint density at radius 3 is 2.60 bits per heavy atom. The van der Waals surface area contributed by atoms with Crippen LogP contribution in [0, 0.1) is 22.9 Å². The van der Waals surface area contributed by atoms with Crippen LogP contribution in [0.15, 0.2) is 47.8 Å². The molecule has 8 heteroatoms. The Balaban J connectivity index is 1.76. The molecule has 0 aliphatic rings. The van der Waals surface area contributed by atoms with E-state index in [9.17, 15) is 19.3 Å². The van der Waals surface area contributed by atoms with Crippen LogP contribution >= 0.6 is 11.3 Å². The third kappa shape index (κ3) is 3.69. The average molecular weight is 357 g/mol. The summed E-state index contributed by atoms with van der Waals surface area (Å²) in [7, 11) is 0. The molecule has 1 N–H and O–H groups in total. The minimum Gasteiger partial charge on any atom is -0.298 e. The van der Waals surface area contributed by atoms with E-state index in [0.29, 0.717) is 22.0 Å². The van der Waals surface area contributed by atoms with E-state index >= 15 is 0 Å². The van der Waals surface area contributed by atoms with Crippen molar-refractivity contribution < 1.29 is 14.1 Å². The van der Waals surface area contributed by atoms with E-state index in [1.54, 1.807) is 24.4 Å². The van der Waals surface area contributed by atoms with Gasteiger partial charge in [-0.3, -0.25) is 20.2 Å². The van der Waals surface area contributed by atoms with Crippen LogP contribution in [0.25, 0.3) is 11.3 Å². The zero-order valence-electron chi connectivity index (χ0n) is 13.0. The van der Waals surface area contributed by atoms with Gasteiger partial charge < -0.3 is 0 Å². The maximum Gasteiger partial charge on any atom is 0.272 e. The fourth-order valence-electron chi connectivity index (χ4n) is 2.26. The first-order valence-corrected chi connectivity index (χ1v) is 8.10. The second kappa shape index (κ2) is 6.78. The summed E-state index contributed by atoms with van der Waals surface area (Å²) in [5.41, 5.74) is 2.04. The van der Waals surface area contributed by atoms with Gasteiger partial charge >= 0.3 is 0 Å². The Bertz CT molecular complexity index is 954. The maximum atomic E-state index is 13.0. The van der Waals surface area contributed by atoms with Crippen LogP contribution in [0.4, 0.5) is 15.2 Å². The molecule has 0 aliphatic heterocycles. The first-order chi connectivity index (χ1) is 11.9. The number of hydrogen-bond donors (Lipinski definition) is 1. The minimum absolute atomic E-state index is 0.0376. The highest BCUT2D eigenvalue weighted by atomic mass is 32.1. The summed E-state index contributed by atoms with van der Waals surface area (Å²) in [5.74, 6) is -0.737. The van der Waals surface area contributed by atoms with Crippen LogP contribution in [0.5, 0.6) is 0 Å². The summed E-state index contributed by atoms with van der Waals surface area (Å²) in [6, 6.07) is 10.1. The van der Waals surface area contributed by atoms with Crippen LogP contribution < -0.4 is 5.32 Å². The van der Waals surface area contributed by atoms with Gasteiger partial charge in [0.25, 0.3) is 11.6 Å². The monoisotopic (exact) mass is 357 g/mol. The molecule has 1 amide bonds. The molecular weight excluding hydrogens is 345 g/mol. The standard InChI is InChI=1S/C17H12FN3O3S/c1-10-8-12(4-7-15(10)21(23)24)16(22)20-17-19-14(9-25-17)11-2-5-13(18)6-3-11/h2-9H,1H3,(H,19,20,22). The Morgan fingerprint density at radius 1 is 1.24 bits per heavy atom. The van der Waals surface area contributed by atoms with Crippen LogP contribution in [-0.2, 0) is 0 Å². The molecule has 126 valence electrons. The van der Waals surface area contributed by atoms with Crippen LogP contribution in [0.1, 0.15) is 15.9 Å². The summed E-state index contributed by atoms with van der Waals surface area (Å²) in [6.07, 6.45) is 0. The lowest BCUT2D eigenvalue weighted by atomic mass is 10.1. The molecule has 0 atom stereocenters. The van der Waals surface area contributed by atoms with Gasteiger partial charge in [-0.1, -0.05) is 0 Å². The summed E-state index contributed by atoms with van der Waals surface area (Å²) in [6.45, 7) is 1.57. The van der Waals surface area contributed by atoms with E-state index < -0.39 is 10.8 Å². The number of aromatic nitrogens is 1. The van der Waals surface area contributed by atoms with Gasteiger partial charge in [-0.25, -0.2) is 9.37 Å². The van der Waals surface area contributed by atoms with Crippen LogP contribution in [-0.4, -0.2) is 15.8 Å². The average Bonchev–Trinajstić information content (AvgIpc) is 3.03. The van der Waals surface area contributed by atoms with Crippen molar-refractivity contribution in [3.63, 3.8) is 0 Å². The van der Waals surface area contributed by atoms with Crippen molar-refractivity contribution in [1.82, 2.24) is 4.98 Å². The predicted molar refractivity (Wildman–Crippen MR) is 93.3 cm³/mol. The quantitative estimate of drug-likeness (QED) is 0.553. The summed E-state index contributed by atoms with van der Waals surface area (Å²) >= 11 is 1.24. The number of halogens is 1. The van der Waals surface area contributed by atoms with Gasteiger partial charge in [0.15, 0.2) is 5.13 Å². The molecular formula is C17H12FN3O3S. The van der Waals surface area contributed by atoms with Crippen molar-refractivity contribution in [2.75, 3.05) is 5.32 Å². The summed E-state index contributed by atoms with van der Waals surface area (Å²) < 4.78 is 13.0. The Kier molecular flexibility index (Phi) is 4.53. The molecule has 0 bridgehead atoms. The number of carbonyl (C=O) groups excluding carboxylic acids is 1. The second-order valence-electron chi connectivity index (χ2n) is 5.26. The van der Waals surface area contributed by atoms with Gasteiger partial charge in [0, 0.05) is 28.1 Å². The van der Waals surface area contributed by atoms with Gasteiger partial charge in [0.2, 0.25) is 0 Å². The lowest BCUT2D eigenvalue weighted by molar-refractivity contribution is -0.385. The number of nitro benzene ring substituents is 1. The molecule has 3 rings (SSSR count). The molecule has 0 fully saturated rings. The molecule has 0 saturated heterocycles. The molecule has 1 aromatic heterocycles. The molecule has 0 spiro atoms. The van der Waals surface area contributed by atoms with E-state index in [0.717, 1.165) is 5.56 Å². The highest BCUT2D eigenvalue weighted by Crippen LogP contribution is 2.26. The van der Waals surface area contributed by atoms with Crippen LogP contribution in [0.2, 0.25) is 0 Å². The van der Waals surface area contributed by atoms with Gasteiger partial charge in [-0.05, 0) is 43.3 Å². The second-order valence-corrected chi connectivity index (χ2v) is 6.12. The third-order valence-electron chi connectivity index (χ3n) is 3.52. The van der Waals surface area contributed by atoms with Crippen LogP contribution in [0.3, 0.4) is 0 Å². The van der Waals surface area contributed by atoms with Crippen molar-refractivity contribution in [3.8, 4) is 11.3 Å². The normalized spacial score (nSPS) is 10.5. The molecule has 2 aromatic carbocycles. The largest absolute Gasteiger partial charge is 0.298 e. The van der Waals surface area contributed by atoms with E-state index in [-0.39, 0.29) is 11.5 Å². The highest BCUT2D eigenvalue weighted by molar-refractivity contribution is 7.14. The number of rotatable bonds is 4. The zero-order valence-corrected chi connectivity index (χ0v) is 13.8. The fraction of sp³-hybridized carbons (Fsp3) is 0.0588. The van der Waals surface area contributed by atoms with E-state index in [4.69, 9.17) is 0 Å².